The molecule has 0 aliphatic heterocycles. The van der Waals surface area contributed by atoms with Gasteiger partial charge in [0.05, 0.1) is 0 Å². The molecular weight excluding hydrogens is 238 g/mol. The van der Waals surface area contributed by atoms with Gasteiger partial charge in [-0.15, -0.1) is 11.3 Å². The number of benzene rings is 1. The Morgan fingerprint density at radius 2 is 1.89 bits per heavy atom. The van der Waals surface area contributed by atoms with E-state index < -0.39 is 0 Å². The molecule has 0 amide bonds. The van der Waals surface area contributed by atoms with Gasteiger partial charge >= 0.3 is 0 Å². The predicted molar refractivity (Wildman–Crippen MR) is 81.4 cm³/mol. The Morgan fingerprint density at radius 3 is 2.67 bits per heavy atom. The molecule has 1 saturated carbocycles. The molecule has 0 radical (unpaired) electrons. The van der Waals surface area contributed by atoms with Gasteiger partial charge in [-0.3, -0.25) is 0 Å². The molecule has 1 aromatic heterocycles. The quantitative estimate of drug-likeness (QED) is 0.787. The van der Waals surface area contributed by atoms with Crippen LogP contribution in [-0.2, 0) is 0 Å². The van der Waals surface area contributed by atoms with Gasteiger partial charge in [-0.2, -0.15) is 0 Å². The Labute approximate surface area is 113 Å². The van der Waals surface area contributed by atoms with Crippen molar-refractivity contribution in [2.24, 2.45) is 11.8 Å². The second kappa shape index (κ2) is 4.93. The number of hydrogen-bond donors (Lipinski definition) is 1. The first-order valence-electron chi connectivity index (χ1n) is 6.98. The van der Waals surface area contributed by atoms with Crippen LogP contribution >= 0.6 is 11.3 Å². The molecule has 1 N–H and O–H groups in total. The molecule has 2 atom stereocenters. The van der Waals surface area contributed by atoms with Gasteiger partial charge in [0.1, 0.15) is 0 Å². The topological polar surface area (TPSA) is 12.0 Å². The van der Waals surface area contributed by atoms with E-state index >= 15 is 0 Å². The third kappa shape index (κ3) is 2.26. The Bertz CT molecular complexity index is 521. The Kier molecular flexibility index (Phi) is 3.29. The third-order valence-corrected chi connectivity index (χ3v) is 5.23. The molecule has 0 spiro atoms. The highest BCUT2D eigenvalue weighted by atomic mass is 32.1. The van der Waals surface area contributed by atoms with Crippen LogP contribution in [0.4, 0.5) is 5.69 Å². The summed E-state index contributed by atoms with van der Waals surface area (Å²) in [4.78, 5) is 0. The number of nitrogens with one attached hydrogen (secondary N) is 1. The maximum atomic E-state index is 3.77. The molecule has 1 aliphatic carbocycles. The SMILES string of the molecule is CC1CCCC(C)C1Nc1ccc2sccc2c1. The molecule has 0 saturated heterocycles. The summed E-state index contributed by atoms with van der Waals surface area (Å²) in [6.07, 6.45) is 4.12. The Hall–Kier alpha value is -1.02. The van der Waals surface area contributed by atoms with Gasteiger partial charge in [0, 0.05) is 16.4 Å². The second-order valence-electron chi connectivity index (χ2n) is 5.73. The first-order chi connectivity index (χ1) is 8.74. The highest BCUT2D eigenvalue weighted by Gasteiger charge is 2.27. The molecule has 2 aromatic rings. The van der Waals surface area contributed by atoms with Gasteiger partial charge in [-0.1, -0.05) is 20.3 Å². The summed E-state index contributed by atoms with van der Waals surface area (Å²) >= 11 is 1.82. The lowest BCUT2D eigenvalue weighted by Gasteiger charge is -2.35. The lowest BCUT2D eigenvalue weighted by Crippen LogP contribution is -2.36. The van der Waals surface area contributed by atoms with E-state index in [4.69, 9.17) is 0 Å². The summed E-state index contributed by atoms with van der Waals surface area (Å²) in [6.45, 7) is 4.77. The number of fused-ring (bicyclic) bond motifs is 1. The summed E-state index contributed by atoms with van der Waals surface area (Å²) in [5.74, 6) is 1.57. The van der Waals surface area contributed by atoms with Gasteiger partial charge in [0.2, 0.25) is 0 Å². The van der Waals surface area contributed by atoms with Crippen molar-refractivity contribution in [1.29, 1.82) is 0 Å². The van der Waals surface area contributed by atoms with Crippen molar-refractivity contribution >= 4 is 27.1 Å². The Balaban J connectivity index is 1.81. The van der Waals surface area contributed by atoms with Crippen molar-refractivity contribution in [3.05, 3.63) is 29.6 Å². The fraction of sp³-hybridized carbons (Fsp3) is 0.500. The van der Waals surface area contributed by atoms with Crippen LogP contribution in [0.2, 0.25) is 0 Å². The number of hydrogen-bond acceptors (Lipinski definition) is 2. The average molecular weight is 259 g/mol. The van der Waals surface area contributed by atoms with E-state index in [-0.39, 0.29) is 0 Å². The number of anilines is 1. The fourth-order valence-electron chi connectivity index (χ4n) is 3.22. The molecular formula is C16H21NS. The van der Waals surface area contributed by atoms with E-state index in [9.17, 15) is 0 Å². The average Bonchev–Trinajstić information content (AvgIpc) is 2.81. The minimum atomic E-state index is 0.634. The second-order valence-corrected chi connectivity index (χ2v) is 6.68. The standard InChI is InChI=1S/C16H21NS/c1-11-4-3-5-12(2)16(11)17-14-6-7-15-13(10-14)8-9-18-15/h6-12,16-17H,3-5H2,1-2H3. The molecule has 1 heterocycles. The van der Waals surface area contributed by atoms with Crippen LogP contribution in [0.3, 0.4) is 0 Å². The molecule has 1 aromatic carbocycles. The lowest BCUT2D eigenvalue weighted by atomic mass is 9.78. The van der Waals surface area contributed by atoms with Crippen LogP contribution in [0.5, 0.6) is 0 Å². The molecule has 3 rings (SSSR count). The van der Waals surface area contributed by atoms with Crippen molar-refractivity contribution in [1.82, 2.24) is 0 Å². The van der Waals surface area contributed by atoms with Crippen molar-refractivity contribution in [3.8, 4) is 0 Å². The van der Waals surface area contributed by atoms with E-state index in [0.717, 1.165) is 11.8 Å². The van der Waals surface area contributed by atoms with Gasteiger partial charge in [0.15, 0.2) is 0 Å². The summed E-state index contributed by atoms with van der Waals surface area (Å²) in [5.41, 5.74) is 1.28. The van der Waals surface area contributed by atoms with E-state index in [1.54, 1.807) is 0 Å². The van der Waals surface area contributed by atoms with Gasteiger partial charge in [0.25, 0.3) is 0 Å². The molecule has 96 valence electrons. The van der Waals surface area contributed by atoms with E-state index in [2.05, 4.69) is 48.8 Å². The van der Waals surface area contributed by atoms with E-state index in [1.807, 2.05) is 11.3 Å². The maximum Gasteiger partial charge on any atom is 0.0349 e. The molecule has 2 unspecified atom stereocenters. The smallest absolute Gasteiger partial charge is 0.0349 e. The molecule has 18 heavy (non-hydrogen) atoms. The van der Waals surface area contributed by atoms with Crippen LogP contribution in [0.25, 0.3) is 10.1 Å². The fourth-order valence-corrected chi connectivity index (χ4v) is 3.99. The number of rotatable bonds is 2. The van der Waals surface area contributed by atoms with Crippen LogP contribution < -0.4 is 5.32 Å². The van der Waals surface area contributed by atoms with Gasteiger partial charge in [-0.25, -0.2) is 0 Å². The highest BCUT2D eigenvalue weighted by Crippen LogP contribution is 2.32. The third-order valence-electron chi connectivity index (χ3n) is 4.33. The normalized spacial score (nSPS) is 28.4. The summed E-state index contributed by atoms with van der Waals surface area (Å²) in [6, 6.07) is 9.60. The van der Waals surface area contributed by atoms with Crippen molar-refractivity contribution in [2.75, 3.05) is 5.32 Å². The molecule has 1 fully saturated rings. The van der Waals surface area contributed by atoms with Crippen LogP contribution in [0.1, 0.15) is 33.1 Å². The highest BCUT2D eigenvalue weighted by molar-refractivity contribution is 7.17. The largest absolute Gasteiger partial charge is 0.382 e. The van der Waals surface area contributed by atoms with Crippen molar-refractivity contribution in [2.45, 2.75) is 39.2 Å². The number of thiophene rings is 1. The summed E-state index contributed by atoms with van der Waals surface area (Å²) in [7, 11) is 0. The van der Waals surface area contributed by atoms with Crippen LogP contribution in [0, 0.1) is 11.8 Å². The molecule has 1 nitrogen and oxygen atoms in total. The van der Waals surface area contributed by atoms with E-state index in [0.29, 0.717) is 6.04 Å². The first-order valence-corrected chi connectivity index (χ1v) is 7.86. The van der Waals surface area contributed by atoms with Crippen LogP contribution in [0.15, 0.2) is 29.6 Å². The monoisotopic (exact) mass is 259 g/mol. The first kappa shape index (κ1) is 12.0. The predicted octanol–water partition coefficient (Wildman–Crippen LogP) is 5.14. The zero-order valence-corrected chi connectivity index (χ0v) is 12.0. The van der Waals surface area contributed by atoms with Gasteiger partial charge < -0.3 is 5.32 Å². The minimum absolute atomic E-state index is 0.634. The minimum Gasteiger partial charge on any atom is -0.382 e. The van der Waals surface area contributed by atoms with Crippen molar-refractivity contribution in [3.63, 3.8) is 0 Å². The Morgan fingerprint density at radius 1 is 1.11 bits per heavy atom. The van der Waals surface area contributed by atoms with Gasteiger partial charge in [-0.05, 0) is 59.7 Å². The zero-order chi connectivity index (χ0) is 12.5. The molecule has 1 aliphatic rings. The zero-order valence-electron chi connectivity index (χ0n) is 11.1. The van der Waals surface area contributed by atoms with Crippen LogP contribution in [-0.4, -0.2) is 6.04 Å². The van der Waals surface area contributed by atoms with E-state index in [1.165, 1.54) is 35.0 Å². The lowest BCUT2D eigenvalue weighted by molar-refractivity contribution is 0.268. The molecule has 2 heteroatoms. The summed E-state index contributed by atoms with van der Waals surface area (Å²) in [5, 5.41) is 7.30. The molecule has 0 bridgehead atoms. The van der Waals surface area contributed by atoms with Crippen molar-refractivity contribution < 1.29 is 0 Å². The maximum absolute atomic E-state index is 3.77. The summed E-state index contributed by atoms with van der Waals surface area (Å²) < 4.78 is 1.38.